The van der Waals surface area contributed by atoms with Crippen LogP contribution in [0.25, 0.3) is 0 Å². The van der Waals surface area contributed by atoms with Crippen molar-refractivity contribution in [3.63, 3.8) is 0 Å². The minimum absolute atomic E-state index is 0.0206. The molecule has 4 fully saturated rings. The van der Waals surface area contributed by atoms with E-state index in [9.17, 15) is 10.2 Å². The molecule has 0 spiro atoms. The Bertz CT molecular complexity index is 765. The van der Waals surface area contributed by atoms with Crippen LogP contribution in [-0.4, -0.2) is 21.9 Å². The highest BCUT2D eigenvalue weighted by Gasteiger charge is 2.69. The van der Waals surface area contributed by atoms with E-state index in [0.29, 0.717) is 39.9 Å². The monoisotopic (exact) mass is 458 g/mol. The summed E-state index contributed by atoms with van der Waals surface area (Å²) in [7, 11) is 0. The van der Waals surface area contributed by atoms with Gasteiger partial charge in [-0.3, -0.25) is 0 Å². The van der Waals surface area contributed by atoms with Gasteiger partial charge in [0.2, 0.25) is 0 Å². The lowest BCUT2D eigenvalue weighted by atomic mass is 9.35. The first kappa shape index (κ1) is 25.7. The lowest BCUT2D eigenvalue weighted by molar-refractivity contribution is -0.225. The molecule has 2 nitrogen and oxygen atoms in total. The van der Waals surface area contributed by atoms with Crippen molar-refractivity contribution in [2.24, 2.45) is 51.2 Å². The predicted octanol–water partition coefficient (Wildman–Crippen LogP) is 7.78. The summed E-state index contributed by atoms with van der Waals surface area (Å²) in [5.74, 6) is 2.90. The van der Waals surface area contributed by atoms with E-state index in [-0.39, 0.29) is 11.5 Å². The third-order valence-corrected chi connectivity index (χ3v) is 12.9. The molecule has 0 aromatic rings. The van der Waals surface area contributed by atoms with Crippen molar-refractivity contribution in [1.29, 1.82) is 0 Å². The maximum absolute atomic E-state index is 11.7. The van der Waals surface area contributed by atoms with E-state index < -0.39 is 5.60 Å². The highest BCUT2D eigenvalue weighted by molar-refractivity contribution is 5.18. The standard InChI is InChI=1S/C31H54O2/c1-20(2)21(3)12-19-31(9,33)23-13-17-29(7)22(23)10-11-25-28(6)16-15-26(32)27(4,5)24(28)14-18-30(25,29)8/h20,22-26,32-33H,3,10-19H2,1-2,4-9H3/t22-,23+,24+,25-,26+,28+,29-,30-,31-/m1/s1. The van der Waals surface area contributed by atoms with Crippen LogP contribution in [0.5, 0.6) is 0 Å². The molecule has 4 aliphatic carbocycles. The molecule has 33 heavy (non-hydrogen) atoms. The van der Waals surface area contributed by atoms with Crippen molar-refractivity contribution in [3.8, 4) is 0 Å². The Kier molecular flexibility index (Phi) is 6.31. The molecule has 0 radical (unpaired) electrons. The minimum Gasteiger partial charge on any atom is -0.393 e. The fraction of sp³-hybridized carbons (Fsp3) is 0.935. The van der Waals surface area contributed by atoms with Gasteiger partial charge in [0, 0.05) is 0 Å². The van der Waals surface area contributed by atoms with Gasteiger partial charge in [-0.2, -0.15) is 0 Å². The third-order valence-electron chi connectivity index (χ3n) is 12.9. The van der Waals surface area contributed by atoms with Crippen LogP contribution in [0.15, 0.2) is 12.2 Å². The Morgan fingerprint density at radius 1 is 0.909 bits per heavy atom. The summed E-state index contributed by atoms with van der Waals surface area (Å²) >= 11 is 0. The van der Waals surface area contributed by atoms with Crippen LogP contribution in [-0.2, 0) is 0 Å². The first-order valence-electron chi connectivity index (χ1n) is 14.2. The van der Waals surface area contributed by atoms with Gasteiger partial charge in [0.05, 0.1) is 11.7 Å². The summed E-state index contributed by atoms with van der Waals surface area (Å²) in [4.78, 5) is 0. The van der Waals surface area contributed by atoms with Crippen molar-refractivity contribution in [3.05, 3.63) is 12.2 Å². The summed E-state index contributed by atoms with van der Waals surface area (Å²) in [5, 5.41) is 22.6. The zero-order chi connectivity index (χ0) is 24.6. The van der Waals surface area contributed by atoms with Crippen LogP contribution in [0.3, 0.4) is 0 Å². The summed E-state index contributed by atoms with van der Waals surface area (Å²) < 4.78 is 0. The van der Waals surface area contributed by atoms with Gasteiger partial charge in [0.25, 0.3) is 0 Å². The number of fused-ring (bicyclic) bond motifs is 5. The molecule has 4 saturated carbocycles. The second kappa shape index (κ2) is 8.09. The molecule has 0 amide bonds. The molecule has 9 atom stereocenters. The number of hydrogen-bond donors (Lipinski definition) is 2. The fourth-order valence-corrected chi connectivity index (χ4v) is 10.4. The smallest absolute Gasteiger partial charge is 0.0653 e. The molecule has 0 saturated heterocycles. The molecule has 0 aromatic carbocycles. The van der Waals surface area contributed by atoms with E-state index in [4.69, 9.17) is 0 Å². The van der Waals surface area contributed by atoms with Crippen LogP contribution in [0, 0.1) is 51.2 Å². The highest BCUT2D eigenvalue weighted by Crippen LogP contribution is 2.75. The maximum Gasteiger partial charge on any atom is 0.0653 e. The van der Waals surface area contributed by atoms with Crippen molar-refractivity contribution < 1.29 is 10.2 Å². The van der Waals surface area contributed by atoms with Gasteiger partial charge in [0.1, 0.15) is 0 Å². The Morgan fingerprint density at radius 3 is 2.18 bits per heavy atom. The number of rotatable bonds is 5. The van der Waals surface area contributed by atoms with Crippen molar-refractivity contribution >= 4 is 0 Å². The molecule has 190 valence electrons. The second-order valence-electron chi connectivity index (χ2n) is 14.9. The van der Waals surface area contributed by atoms with Crippen LogP contribution in [0.2, 0.25) is 0 Å². The molecule has 0 unspecified atom stereocenters. The fourth-order valence-electron chi connectivity index (χ4n) is 10.4. The first-order valence-corrected chi connectivity index (χ1v) is 14.2. The van der Waals surface area contributed by atoms with Crippen LogP contribution in [0.1, 0.15) is 120 Å². The molecule has 0 aromatic heterocycles. The van der Waals surface area contributed by atoms with Crippen LogP contribution in [0.4, 0.5) is 0 Å². The van der Waals surface area contributed by atoms with Crippen molar-refractivity contribution in [2.45, 2.75) is 131 Å². The van der Waals surface area contributed by atoms with Crippen LogP contribution < -0.4 is 0 Å². The molecule has 2 heteroatoms. The third kappa shape index (κ3) is 3.62. The van der Waals surface area contributed by atoms with Crippen molar-refractivity contribution in [2.75, 3.05) is 0 Å². The summed E-state index contributed by atoms with van der Waals surface area (Å²) in [6.45, 7) is 23.4. The molecular weight excluding hydrogens is 404 g/mol. The quantitative estimate of drug-likeness (QED) is 0.413. The van der Waals surface area contributed by atoms with Gasteiger partial charge < -0.3 is 10.2 Å². The molecule has 4 aliphatic rings. The predicted molar refractivity (Wildman–Crippen MR) is 139 cm³/mol. The van der Waals surface area contributed by atoms with Gasteiger partial charge in [-0.05, 0) is 122 Å². The van der Waals surface area contributed by atoms with Gasteiger partial charge in [-0.25, -0.2) is 0 Å². The number of hydrogen-bond acceptors (Lipinski definition) is 2. The lowest BCUT2D eigenvalue weighted by Gasteiger charge is -2.70. The molecule has 4 rings (SSSR count). The lowest BCUT2D eigenvalue weighted by Crippen LogP contribution is -2.64. The van der Waals surface area contributed by atoms with Gasteiger partial charge >= 0.3 is 0 Å². The first-order chi connectivity index (χ1) is 15.1. The average Bonchev–Trinajstić information content (AvgIpc) is 3.08. The molecule has 2 N–H and O–H groups in total. The molecular formula is C31H54O2. The molecule has 0 aliphatic heterocycles. The SMILES string of the molecule is C=C(CC[C@@](C)(O)[C@H]1CC[C@]2(C)[C@@H]1CC[C@@H]1[C@@]3(C)CC[C@H](O)C(C)(C)[C@@H]3CC[C@]12C)C(C)C. The normalized spacial score (nSPS) is 48.5. The van der Waals surface area contributed by atoms with E-state index in [1.807, 2.05) is 0 Å². The zero-order valence-corrected chi connectivity index (χ0v) is 23.1. The zero-order valence-electron chi connectivity index (χ0n) is 23.1. The molecule has 0 bridgehead atoms. The maximum atomic E-state index is 11.7. The molecule has 0 heterocycles. The minimum atomic E-state index is -0.596. The largest absolute Gasteiger partial charge is 0.393 e. The van der Waals surface area contributed by atoms with E-state index in [2.05, 4.69) is 62.0 Å². The Morgan fingerprint density at radius 2 is 1.55 bits per heavy atom. The van der Waals surface area contributed by atoms with Gasteiger partial charge in [-0.1, -0.05) is 60.6 Å². The summed E-state index contributed by atoms with van der Waals surface area (Å²) in [5.41, 5.74) is 1.69. The Balaban J connectivity index is 1.59. The number of aliphatic hydroxyl groups is 2. The summed E-state index contributed by atoms with van der Waals surface area (Å²) in [6.07, 6.45) is 11.4. The Hall–Kier alpha value is -0.340. The second-order valence-corrected chi connectivity index (χ2v) is 14.9. The number of allylic oxidation sites excluding steroid dienone is 1. The Labute approximate surface area is 205 Å². The average molecular weight is 459 g/mol. The summed E-state index contributed by atoms with van der Waals surface area (Å²) in [6, 6.07) is 0. The highest BCUT2D eigenvalue weighted by atomic mass is 16.3. The van der Waals surface area contributed by atoms with Gasteiger partial charge in [-0.15, -0.1) is 0 Å². The number of aliphatic hydroxyl groups excluding tert-OH is 1. The van der Waals surface area contributed by atoms with E-state index >= 15 is 0 Å². The van der Waals surface area contributed by atoms with Gasteiger partial charge in [0.15, 0.2) is 0 Å². The van der Waals surface area contributed by atoms with E-state index in [1.165, 1.54) is 50.5 Å². The van der Waals surface area contributed by atoms with Crippen LogP contribution >= 0.6 is 0 Å². The topological polar surface area (TPSA) is 40.5 Å². The van der Waals surface area contributed by atoms with E-state index in [1.54, 1.807) is 0 Å². The van der Waals surface area contributed by atoms with E-state index in [0.717, 1.165) is 25.2 Å². The van der Waals surface area contributed by atoms with Crippen molar-refractivity contribution in [1.82, 2.24) is 0 Å².